The first-order valence-electron chi connectivity index (χ1n) is 7.09. The van der Waals surface area contributed by atoms with Crippen molar-refractivity contribution < 1.29 is 0 Å². The minimum absolute atomic E-state index is 0.857. The summed E-state index contributed by atoms with van der Waals surface area (Å²) in [6.07, 6.45) is 13.1. The van der Waals surface area contributed by atoms with Crippen LogP contribution in [0.2, 0.25) is 0 Å². The molecule has 1 heteroatoms. The van der Waals surface area contributed by atoms with Crippen molar-refractivity contribution in [2.24, 2.45) is 11.8 Å². The van der Waals surface area contributed by atoms with E-state index < -0.39 is 0 Å². The maximum absolute atomic E-state index is 3.77. The fourth-order valence-corrected chi connectivity index (χ4v) is 3.43. The first-order chi connectivity index (χ1) is 7.36. The molecular formula is C14H27N. The van der Waals surface area contributed by atoms with Crippen LogP contribution in [0.1, 0.15) is 64.7 Å². The monoisotopic (exact) mass is 209 g/mol. The average molecular weight is 209 g/mol. The largest absolute Gasteiger partial charge is 0.314 e. The second-order valence-electron chi connectivity index (χ2n) is 5.75. The second kappa shape index (κ2) is 5.89. The van der Waals surface area contributed by atoms with Gasteiger partial charge >= 0.3 is 0 Å². The Hall–Kier alpha value is -0.0400. The van der Waals surface area contributed by atoms with E-state index in [4.69, 9.17) is 0 Å². The highest BCUT2D eigenvalue weighted by Gasteiger charge is 2.23. The third kappa shape index (κ3) is 3.48. The molecule has 0 radical (unpaired) electrons. The van der Waals surface area contributed by atoms with Gasteiger partial charge in [0.25, 0.3) is 0 Å². The number of rotatable bonds is 4. The van der Waals surface area contributed by atoms with Gasteiger partial charge in [0.15, 0.2) is 0 Å². The van der Waals surface area contributed by atoms with E-state index in [-0.39, 0.29) is 0 Å². The Kier molecular flexibility index (Phi) is 4.49. The molecule has 0 aromatic heterocycles. The van der Waals surface area contributed by atoms with E-state index in [0.717, 1.165) is 17.9 Å². The van der Waals surface area contributed by atoms with Crippen molar-refractivity contribution in [1.29, 1.82) is 0 Å². The topological polar surface area (TPSA) is 12.0 Å². The molecule has 2 saturated carbocycles. The van der Waals surface area contributed by atoms with Crippen LogP contribution in [0.15, 0.2) is 0 Å². The van der Waals surface area contributed by atoms with Crippen molar-refractivity contribution in [2.75, 3.05) is 6.54 Å². The Labute approximate surface area is 95.0 Å². The molecule has 0 bridgehead atoms. The first-order valence-corrected chi connectivity index (χ1v) is 7.09. The summed E-state index contributed by atoms with van der Waals surface area (Å²) in [7, 11) is 0. The molecule has 88 valence electrons. The van der Waals surface area contributed by atoms with Crippen LogP contribution in [0.3, 0.4) is 0 Å². The lowest BCUT2D eigenvalue weighted by molar-refractivity contribution is 0.335. The zero-order valence-corrected chi connectivity index (χ0v) is 10.3. The van der Waals surface area contributed by atoms with Gasteiger partial charge in [0.2, 0.25) is 0 Å². The summed E-state index contributed by atoms with van der Waals surface area (Å²) >= 11 is 0. The van der Waals surface area contributed by atoms with Crippen molar-refractivity contribution >= 4 is 0 Å². The summed E-state index contributed by atoms with van der Waals surface area (Å²) in [5, 5.41) is 3.77. The lowest BCUT2D eigenvalue weighted by Crippen LogP contribution is -2.32. The lowest BCUT2D eigenvalue weighted by Gasteiger charge is -2.24. The first kappa shape index (κ1) is 11.4. The normalized spacial score (nSPS) is 33.4. The van der Waals surface area contributed by atoms with Gasteiger partial charge in [-0.05, 0) is 37.6 Å². The highest BCUT2D eigenvalue weighted by atomic mass is 14.9. The van der Waals surface area contributed by atoms with Crippen LogP contribution in [0, 0.1) is 11.8 Å². The van der Waals surface area contributed by atoms with Crippen molar-refractivity contribution in [3.8, 4) is 0 Å². The van der Waals surface area contributed by atoms with Crippen LogP contribution in [-0.2, 0) is 0 Å². The van der Waals surface area contributed by atoms with Gasteiger partial charge in [-0.3, -0.25) is 0 Å². The Balaban J connectivity index is 1.57. The van der Waals surface area contributed by atoms with E-state index in [2.05, 4.69) is 12.2 Å². The third-order valence-electron chi connectivity index (χ3n) is 4.59. The fraction of sp³-hybridized carbons (Fsp3) is 1.00. The molecule has 0 heterocycles. The van der Waals surface area contributed by atoms with Crippen LogP contribution in [0.25, 0.3) is 0 Å². The van der Waals surface area contributed by atoms with Crippen LogP contribution in [0.4, 0.5) is 0 Å². The van der Waals surface area contributed by atoms with Crippen LogP contribution >= 0.6 is 0 Å². The zero-order valence-electron chi connectivity index (χ0n) is 10.3. The summed E-state index contributed by atoms with van der Waals surface area (Å²) in [6, 6.07) is 0.857. The highest BCUT2D eigenvalue weighted by molar-refractivity contribution is 4.77. The standard InChI is InChI=1S/C14H27N/c1-12-6-5-7-13(12)10-11-15-14-8-3-2-4-9-14/h12-15H,2-11H2,1H3/t12-,13-/m0/s1. The quantitative estimate of drug-likeness (QED) is 0.744. The molecule has 2 aliphatic carbocycles. The average Bonchev–Trinajstić information content (AvgIpc) is 2.66. The van der Waals surface area contributed by atoms with Gasteiger partial charge in [0, 0.05) is 6.04 Å². The minimum atomic E-state index is 0.857. The molecule has 0 amide bonds. The predicted octanol–water partition coefficient (Wildman–Crippen LogP) is 3.74. The molecule has 2 atom stereocenters. The molecule has 0 aromatic rings. The van der Waals surface area contributed by atoms with E-state index in [1.165, 1.54) is 64.3 Å². The highest BCUT2D eigenvalue weighted by Crippen LogP contribution is 2.33. The summed E-state index contributed by atoms with van der Waals surface area (Å²) in [5.74, 6) is 2.03. The van der Waals surface area contributed by atoms with Gasteiger partial charge in [0.05, 0.1) is 0 Å². The van der Waals surface area contributed by atoms with Crippen LogP contribution in [-0.4, -0.2) is 12.6 Å². The molecule has 2 aliphatic rings. The van der Waals surface area contributed by atoms with Crippen LogP contribution in [0.5, 0.6) is 0 Å². The maximum Gasteiger partial charge on any atom is 0.00670 e. The van der Waals surface area contributed by atoms with E-state index in [1.807, 2.05) is 0 Å². The molecule has 0 saturated heterocycles. The molecule has 2 fully saturated rings. The minimum Gasteiger partial charge on any atom is -0.314 e. The van der Waals surface area contributed by atoms with E-state index >= 15 is 0 Å². The smallest absolute Gasteiger partial charge is 0.00670 e. The fourth-order valence-electron chi connectivity index (χ4n) is 3.43. The van der Waals surface area contributed by atoms with E-state index in [0.29, 0.717) is 0 Å². The zero-order chi connectivity index (χ0) is 10.5. The number of hydrogen-bond acceptors (Lipinski definition) is 1. The number of hydrogen-bond donors (Lipinski definition) is 1. The molecular weight excluding hydrogens is 182 g/mol. The van der Waals surface area contributed by atoms with E-state index in [1.54, 1.807) is 0 Å². The SMILES string of the molecule is C[C@H]1CCC[C@H]1CCNC1CCCCC1. The molecule has 0 unspecified atom stereocenters. The van der Waals surface area contributed by atoms with Crippen molar-refractivity contribution in [2.45, 2.75) is 70.8 Å². The Morgan fingerprint density at radius 2 is 1.73 bits per heavy atom. The maximum atomic E-state index is 3.77. The Morgan fingerprint density at radius 1 is 0.933 bits per heavy atom. The van der Waals surface area contributed by atoms with Crippen molar-refractivity contribution in [3.05, 3.63) is 0 Å². The molecule has 15 heavy (non-hydrogen) atoms. The van der Waals surface area contributed by atoms with Crippen LogP contribution < -0.4 is 5.32 Å². The predicted molar refractivity (Wildman–Crippen MR) is 66.0 cm³/mol. The van der Waals surface area contributed by atoms with Gasteiger partial charge < -0.3 is 5.32 Å². The summed E-state index contributed by atoms with van der Waals surface area (Å²) < 4.78 is 0. The molecule has 2 rings (SSSR count). The van der Waals surface area contributed by atoms with Gasteiger partial charge in [-0.1, -0.05) is 45.4 Å². The molecule has 0 aliphatic heterocycles. The number of nitrogens with one attached hydrogen (secondary N) is 1. The molecule has 0 aromatic carbocycles. The Morgan fingerprint density at radius 3 is 2.40 bits per heavy atom. The summed E-state index contributed by atoms with van der Waals surface area (Å²) in [4.78, 5) is 0. The summed E-state index contributed by atoms with van der Waals surface area (Å²) in [5.41, 5.74) is 0. The van der Waals surface area contributed by atoms with Crippen molar-refractivity contribution in [1.82, 2.24) is 5.32 Å². The molecule has 1 nitrogen and oxygen atoms in total. The van der Waals surface area contributed by atoms with Gasteiger partial charge in [0.1, 0.15) is 0 Å². The second-order valence-corrected chi connectivity index (χ2v) is 5.75. The Bertz CT molecular complexity index is 172. The van der Waals surface area contributed by atoms with Gasteiger partial charge in [-0.25, -0.2) is 0 Å². The molecule has 0 spiro atoms. The third-order valence-corrected chi connectivity index (χ3v) is 4.59. The lowest BCUT2D eigenvalue weighted by atomic mass is 9.93. The van der Waals surface area contributed by atoms with Gasteiger partial charge in [-0.15, -0.1) is 0 Å². The molecule has 1 N–H and O–H groups in total. The summed E-state index contributed by atoms with van der Waals surface area (Å²) in [6.45, 7) is 3.72. The van der Waals surface area contributed by atoms with Gasteiger partial charge in [-0.2, -0.15) is 0 Å². The van der Waals surface area contributed by atoms with Crippen molar-refractivity contribution in [3.63, 3.8) is 0 Å². The van der Waals surface area contributed by atoms with E-state index in [9.17, 15) is 0 Å².